The summed E-state index contributed by atoms with van der Waals surface area (Å²) in [6, 6.07) is 11.8. The van der Waals surface area contributed by atoms with Gasteiger partial charge in [-0.05, 0) is 48.9 Å². The van der Waals surface area contributed by atoms with Crippen LogP contribution in [0, 0.1) is 0 Å². The van der Waals surface area contributed by atoms with Gasteiger partial charge in [-0.25, -0.2) is 0 Å². The lowest BCUT2D eigenvalue weighted by molar-refractivity contribution is 0.0683. The molecule has 1 heterocycles. The van der Waals surface area contributed by atoms with Crippen molar-refractivity contribution >= 4 is 10.8 Å². The van der Waals surface area contributed by atoms with Crippen molar-refractivity contribution in [2.75, 3.05) is 13.7 Å². The summed E-state index contributed by atoms with van der Waals surface area (Å²) in [5.74, 6) is 2.49. The molecular weight excluding hydrogens is 308 g/mol. The SMILES string of the molecule is CCO[C@H](C)c1noc(COc2ccc3ccc(OC)cc3c2)n1. The Balaban J connectivity index is 1.69. The highest BCUT2D eigenvalue weighted by atomic mass is 16.5. The molecule has 0 N–H and O–H groups in total. The highest BCUT2D eigenvalue weighted by Gasteiger charge is 2.14. The summed E-state index contributed by atoms with van der Waals surface area (Å²) in [5.41, 5.74) is 0. The van der Waals surface area contributed by atoms with Crippen LogP contribution in [0.2, 0.25) is 0 Å². The Hall–Kier alpha value is -2.60. The summed E-state index contributed by atoms with van der Waals surface area (Å²) >= 11 is 0. The molecule has 2 aromatic carbocycles. The standard InChI is InChI=1S/C18H20N2O4/c1-4-22-12(2)18-19-17(24-20-18)11-23-16-8-6-13-5-7-15(21-3)9-14(13)10-16/h5-10,12H,4,11H2,1-3H3/t12-/m1/s1. The van der Waals surface area contributed by atoms with E-state index >= 15 is 0 Å². The predicted octanol–water partition coefficient (Wildman–Crippen LogP) is 3.91. The van der Waals surface area contributed by atoms with Crippen molar-refractivity contribution < 1.29 is 18.7 Å². The first-order chi connectivity index (χ1) is 11.7. The molecule has 0 amide bonds. The second-order valence-corrected chi connectivity index (χ2v) is 5.31. The number of aromatic nitrogens is 2. The van der Waals surface area contributed by atoms with Crippen molar-refractivity contribution in [2.45, 2.75) is 26.6 Å². The Labute approximate surface area is 140 Å². The molecule has 0 aliphatic carbocycles. The van der Waals surface area contributed by atoms with Crippen LogP contribution in [0.25, 0.3) is 10.8 Å². The number of hydrogen-bond acceptors (Lipinski definition) is 6. The van der Waals surface area contributed by atoms with E-state index in [-0.39, 0.29) is 12.7 Å². The van der Waals surface area contributed by atoms with Crippen LogP contribution in [0.4, 0.5) is 0 Å². The fraction of sp³-hybridized carbons (Fsp3) is 0.333. The number of benzene rings is 2. The zero-order valence-corrected chi connectivity index (χ0v) is 14.0. The highest BCUT2D eigenvalue weighted by Crippen LogP contribution is 2.25. The van der Waals surface area contributed by atoms with E-state index in [2.05, 4.69) is 10.1 Å². The molecule has 0 aliphatic heterocycles. The Morgan fingerprint density at radius 2 is 1.83 bits per heavy atom. The van der Waals surface area contributed by atoms with E-state index in [9.17, 15) is 0 Å². The maximum atomic E-state index is 5.75. The normalized spacial score (nSPS) is 12.3. The molecule has 0 saturated carbocycles. The van der Waals surface area contributed by atoms with Gasteiger partial charge < -0.3 is 18.7 Å². The third-order valence-electron chi connectivity index (χ3n) is 3.65. The van der Waals surface area contributed by atoms with E-state index in [1.807, 2.05) is 50.2 Å². The van der Waals surface area contributed by atoms with Crippen LogP contribution < -0.4 is 9.47 Å². The van der Waals surface area contributed by atoms with Gasteiger partial charge in [0.15, 0.2) is 12.4 Å². The molecule has 24 heavy (non-hydrogen) atoms. The van der Waals surface area contributed by atoms with Crippen LogP contribution in [-0.4, -0.2) is 23.9 Å². The molecule has 3 aromatic rings. The minimum atomic E-state index is -0.194. The van der Waals surface area contributed by atoms with Gasteiger partial charge in [-0.15, -0.1) is 0 Å². The van der Waals surface area contributed by atoms with Gasteiger partial charge in [-0.2, -0.15) is 4.98 Å². The maximum absolute atomic E-state index is 5.75. The molecule has 3 rings (SSSR count). The lowest BCUT2D eigenvalue weighted by Gasteiger charge is -2.06. The average Bonchev–Trinajstić information content (AvgIpc) is 3.08. The summed E-state index contributed by atoms with van der Waals surface area (Å²) in [5, 5.41) is 6.08. The second kappa shape index (κ2) is 7.31. The Morgan fingerprint density at radius 1 is 1.08 bits per heavy atom. The topological polar surface area (TPSA) is 66.6 Å². The zero-order valence-electron chi connectivity index (χ0n) is 14.0. The van der Waals surface area contributed by atoms with Gasteiger partial charge in [0, 0.05) is 6.61 Å². The molecule has 0 aliphatic rings. The average molecular weight is 328 g/mol. The van der Waals surface area contributed by atoms with Gasteiger partial charge in [0.1, 0.15) is 17.6 Å². The third-order valence-corrected chi connectivity index (χ3v) is 3.65. The van der Waals surface area contributed by atoms with Crippen LogP contribution in [0.15, 0.2) is 40.9 Å². The first-order valence-corrected chi connectivity index (χ1v) is 7.84. The summed E-state index contributed by atoms with van der Waals surface area (Å²) < 4.78 is 21.6. The molecule has 1 aromatic heterocycles. The molecule has 6 heteroatoms. The van der Waals surface area contributed by atoms with Gasteiger partial charge in [0.25, 0.3) is 5.89 Å². The quantitative estimate of drug-likeness (QED) is 0.655. The first kappa shape index (κ1) is 16.3. The van der Waals surface area contributed by atoms with Gasteiger partial charge in [-0.3, -0.25) is 0 Å². The van der Waals surface area contributed by atoms with E-state index in [0.717, 1.165) is 22.3 Å². The Kier molecular flexibility index (Phi) is 4.96. The Bertz CT molecular complexity index is 816. The molecule has 126 valence electrons. The molecule has 0 unspecified atom stereocenters. The van der Waals surface area contributed by atoms with Gasteiger partial charge in [0.05, 0.1) is 7.11 Å². The number of rotatable bonds is 7. The molecular formula is C18H20N2O4. The van der Waals surface area contributed by atoms with Crippen molar-refractivity contribution in [3.63, 3.8) is 0 Å². The van der Waals surface area contributed by atoms with E-state index in [1.54, 1.807) is 7.11 Å². The lowest BCUT2D eigenvalue weighted by Crippen LogP contribution is -2.02. The van der Waals surface area contributed by atoms with E-state index in [0.29, 0.717) is 18.3 Å². The number of ether oxygens (including phenoxy) is 3. The van der Waals surface area contributed by atoms with Crippen molar-refractivity contribution in [2.24, 2.45) is 0 Å². The minimum Gasteiger partial charge on any atom is -0.497 e. The van der Waals surface area contributed by atoms with Crippen LogP contribution in [0.5, 0.6) is 11.5 Å². The molecule has 0 spiro atoms. The number of fused-ring (bicyclic) bond motifs is 1. The van der Waals surface area contributed by atoms with Gasteiger partial charge >= 0.3 is 0 Å². The summed E-state index contributed by atoms with van der Waals surface area (Å²) in [4.78, 5) is 4.29. The van der Waals surface area contributed by atoms with E-state index < -0.39 is 0 Å². The molecule has 0 saturated heterocycles. The van der Waals surface area contributed by atoms with Gasteiger partial charge in [-0.1, -0.05) is 17.3 Å². The number of hydrogen-bond donors (Lipinski definition) is 0. The Morgan fingerprint density at radius 3 is 2.58 bits per heavy atom. The van der Waals surface area contributed by atoms with E-state index in [4.69, 9.17) is 18.7 Å². The third kappa shape index (κ3) is 3.65. The fourth-order valence-electron chi connectivity index (χ4n) is 2.38. The first-order valence-electron chi connectivity index (χ1n) is 7.84. The molecule has 0 radical (unpaired) electrons. The zero-order chi connectivity index (χ0) is 16.9. The van der Waals surface area contributed by atoms with Crippen molar-refractivity contribution in [3.05, 3.63) is 48.1 Å². The lowest BCUT2D eigenvalue weighted by atomic mass is 10.1. The number of nitrogens with zero attached hydrogens (tertiary/aromatic N) is 2. The van der Waals surface area contributed by atoms with Crippen LogP contribution in [-0.2, 0) is 11.3 Å². The highest BCUT2D eigenvalue weighted by molar-refractivity contribution is 5.85. The second-order valence-electron chi connectivity index (χ2n) is 5.31. The molecule has 0 fully saturated rings. The van der Waals surface area contributed by atoms with Crippen molar-refractivity contribution in [1.82, 2.24) is 10.1 Å². The summed E-state index contributed by atoms with van der Waals surface area (Å²) in [6.07, 6.45) is -0.194. The van der Waals surface area contributed by atoms with Gasteiger partial charge in [0.2, 0.25) is 0 Å². The van der Waals surface area contributed by atoms with Crippen LogP contribution in [0.1, 0.15) is 31.7 Å². The van der Waals surface area contributed by atoms with Crippen molar-refractivity contribution in [3.8, 4) is 11.5 Å². The largest absolute Gasteiger partial charge is 0.497 e. The smallest absolute Gasteiger partial charge is 0.264 e. The monoisotopic (exact) mass is 328 g/mol. The molecule has 6 nitrogen and oxygen atoms in total. The van der Waals surface area contributed by atoms with Crippen LogP contribution in [0.3, 0.4) is 0 Å². The van der Waals surface area contributed by atoms with Crippen molar-refractivity contribution in [1.29, 1.82) is 0 Å². The predicted molar refractivity (Wildman–Crippen MR) is 89.2 cm³/mol. The fourth-order valence-corrected chi connectivity index (χ4v) is 2.38. The van der Waals surface area contributed by atoms with Crippen LogP contribution >= 0.6 is 0 Å². The van der Waals surface area contributed by atoms with E-state index in [1.165, 1.54) is 0 Å². The molecule has 1 atom stereocenters. The summed E-state index contributed by atoms with van der Waals surface area (Å²) in [7, 11) is 1.65. The summed E-state index contributed by atoms with van der Waals surface area (Å²) in [6.45, 7) is 4.62. The molecule has 0 bridgehead atoms. The number of methoxy groups -OCH3 is 1. The maximum Gasteiger partial charge on any atom is 0.264 e. The minimum absolute atomic E-state index is 0.194.